The van der Waals surface area contributed by atoms with Gasteiger partial charge in [-0.3, -0.25) is 23.7 Å². The lowest BCUT2D eigenvalue weighted by Crippen LogP contribution is -2.34. The smallest absolute Gasteiger partial charge is 0.303 e. The minimum atomic E-state index is -0.723. The number of aryl methyl sites for hydroxylation is 1. The van der Waals surface area contributed by atoms with E-state index in [9.17, 15) is 14.4 Å². The largest absolute Gasteiger partial charge is 0.481 e. The predicted molar refractivity (Wildman–Crippen MR) is 161 cm³/mol. The van der Waals surface area contributed by atoms with Crippen LogP contribution in [-0.2, 0) is 9.59 Å². The Labute approximate surface area is 239 Å². The van der Waals surface area contributed by atoms with Gasteiger partial charge in [-0.2, -0.15) is 0 Å². The molecule has 2 saturated heterocycles. The number of hydrogen-bond donors (Lipinski definition) is 1. The van der Waals surface area contributed by atoms with Crippen molar-refractivity contribution in [2.45, 2.75) is 84.0 Å². The molecule has 210 valence electrons. The number of carbonyl (C=O) groups excluding carboxylic acids is 1. The highest BCUT2D eigenvalue weighted by Gasteiger charge is 2.32. The lowest BCUT2D eigenvalue weighted by molar-refractivity contribution is -0.137. The zero-order valence-corrected chi connectivity index (χ0v) is 24.3. The molecule has 0 radical (unpaired) electrons. The number of fused-ring (bicyclic) bond motifs is 1. The van der Waals surface area contributed by atoms with Crippen LogP contribution in [0.3, 0.4) is 0 Å². The fourth-order valence-corrected chi connectivity index (χ4v) is 6.49. The standard InChI is InChI=1S/C29H38N4O4S2/c1-21-14-13-19-32-25(21)30-26(31-16-10-8-11-17-31)22(27(32)36)20-23-28(37)33(29(38)39-23)18-12-7-5-3-2-4-6-9-15-24(34)35/h13-14,19-20H,2-12,15-18H2,1H3,(H,34,35)/b23-20-. The maximum Gasteiger partial charge on any atom is 0.303 e. The van der Waals surface area contributed by atoms with Crippen LogP contribution in [0.1, 0.15) is 88.2 Å². The number of anilines is 1. The van der Waals surface area contributed by atoms with Crippen molar-refractivity contribution in [3.63, 3.8) is 0 Å². The van der Waals surface area contributed by atoms with E-state index in [0.29, 0.717) is 32.8 Å². The molecule has 8 nitrogen and oxygen atoms in total. The van der Waals surface area contributed by atoms with Crippen molar-refractivity contribution in [2.75, 3.05) is 24.5 Å². The molecule has 0 aliphatic carbocycles. The number of nitrogens with zero attached hydrogens (tertiary/aromatic N) is 4. The summed E-state index contributed by atoms with van der Waals surface area (Å²) in [6.07, 6.45) is 14.9. The van der Waals surface area contributed by atoms with E-state index in [2.05, 4.69) is 4.90 Å². The second-order valence-electron chi connectivity index (χ2n) is 10.4. The van der Waals surface area contributed by atoms with Crippen LogP contribution in [-0.4, -0.2) is 55.2 Å². The number of amides is 1. The number of aromatic nitrogens is 2. The first-order valence-corrected chi connectivity index (χ1v) is 15.3. The molecule has 2 aliphatic heterocycles. The van der Waals surface area contributed by atoms with Crippen molar-refractivity contribution in [1.29, 1.82) is 0 Å². The molecule has 0 spiro atoms. The highest BCUT2D eigenvalue weighted by atomic mass is 32.2. The molecule has 0 unspecified atom stereocenters. The van der Waals surface area contributed by atoms with Crippen molar-refractivity contribution >= 4 is 57.7 Å². The van der Waals surface area contributed by atoms with Gasteiger partial charge in [0, 0.05) is 32.3 Å². The van der Waals surface area contributed by atoms with Gasteiger partial charge in [-0.05, 0) is 56.7 Å². The van der Waals surface area contributed by atoms with E-state index in [1.54, 1.807) is 21.6 Å². The van der Waals surface area contributed by atoms with Crippen LogP contribution < -0.4 is 10.5 Å². The molecular formula is C29H38N4O4S2. The van der Waals surface area contributed by atoms with E-state index in [1.807, 2.05) is 19.1 Å². The van der Waals surface area contributed by atoms with Crippen LogP contribution in [0.15, 0.2) is 28.0 Å². The first kappa shape index (κ1) is 29.3. The summed E-state index contributed by atoms with van der Waals surface area (Å²) in [5.41, 5.74) is 1.86. The van der Waals surface area contributed by atoms with E-state index in [0.717, 1.165) is 82.9 Å². The number of hydrogen-bond acceptors (Lipinski definition) is 7. The Morgan fingerprint density at radius 1 is 1.05 bits per heavy atom. The van der Waals surface area contributed by atoms with Gasteiger partial charge in [0.1, 0.15) is 15.8 Å². The summed E-state index contributed by atoms with van der Waals surface area (Å²) in [7, 11) is 0. The highest BCUT2D eigenvalue weighted by Crippen LogP contribution is 2.34. The van der Waals surface area contributed by atoms with Gasteiger partial charge in [0.2, 0.25) is 0 Å². The predicted octanol–water partition coefficient (Wildman–Crippen LogP) is 5.79. The number of pyridine rings is 1. The van der Waals surface area contributed by atoms with Crippen molar-refractivity contribution in [2.24, 2.45) is 0 Å². The average molecular weight is 571 g/mol. The number of rotatable bonds is 13. The van der Waals surface area contributed by atoms with E-state index in [-0.39, 0.29) is 17.9 Å². The summed E-state index contributed by atoms with van der Waals surface area (Å²) in [5.74, 6) is -0.205. The van der Waals surface area contributed by atoms with Gasteiger partial charge in [-0.1, -0.05) is 68.6 Å². The summed E-state index contributed by atoms with van der Waals surface area (Å²) in [5, 5.41) is 8.69. The van der Waals surface area contributed by atoms with Crippen molar-refractivity contribution in [3.05, 3.63) is 44.7 Å². The fraction of sp³-hybridized carbons (Fsp3) is 0.552. The third kappa shape index (κ3) is 7.48. The summed E-state index contributed by atoms with van der Waals surface area (Å²) in [6.45, 7) is 4.22. The van der Waals surface area contributed by atoms with E-state index in [1.165, 1.54) is 18.2 Å². The lowest BCUT2D eigenvalue weighted by atomic mass is 10.1. The molecule has 2 aromatic rings. The summed E-state index contributed by atoms with van der Waals surface area (Å²) < 4.78 is 2.11. The van der Waals surface area contributed by atoms with Crippen LogP contribution in [0.5, 0.6) is 0 Å². The maximum atomic E-state index is 13.6. The molecule has 2 fully saturated rings. The molecule has 2 aromatic heterocycles. The minimum absolute atomic E-state index is 0.137. The lowest BCUT2D eigenvalue weighted by Gasteiger charge is -2.29. The number of carboxylic acids is 1. The Morgan fingerprint density at radius 3 is 2.41 bits per heavy atom. The number of carboxylic acid groups (broad SMARTS) is 1. The average Bonchev–Trinajstić information content (AvgIpc) is 3.19. The summed E-state index contributed by atoms with van der Waals surface area (Å²) >= 11 is 6.81. The minimum Gasteiger partial charge on any atom is -0.481 e. The number of thiocarbonyl (C=S) groups is 1. The molecule has 2 aliphatic rings. The van der Waals surface area contributed by atoms with Gasteiger partial charge in [0.15, 0.2) is 0 Å². The van der Waals surface area contributed by atoms with Gasteiger partial charge in [0.05, 0.1) is 10.5 Å². The summed E-state index contributed by atoms with van der Waals surface area (Å²) in [4.78, 5) is 46.8. The monoisotopic (exact) mass is 570 g/mol. The third-order valence-corrected chi connectivity index (χ3v) is 8.77. The SMILES string of the molecule is Cc1cccn2c(=O)c(/C=C3\SC(=S)N(CCCCCCCCCCC(=O)O)C3=O)c(N3CCCCC3)nc12. The van der Waals surface area contributed by atoms with Gasteiger partial charge in [-0.25, -0.2) is 4.98 Å². The second kappa shape index (κ2) is 14.1. The summed E-state index contributed by atoms with van der Waals surface area (Å²) in [6, 6.07) is 3.80. The quantitative estimate of drug-likeness (QED) is 0.184. The number of carbonyl (C=O) groups is 2. The van der Waals surface area contributed by atoms with Crippen LogP contribution in [0.4, 0.5) is 5.82 Å². The number of thioether (sulfide) groups is 1. The fourth-order valence-electron chi connectivity index (χ4n) is 5.20. The van der Waals surface area contributed by atoms with Gasteiger partial charge < -0.3 is 10.0 Å². The molecule has 10 heteroatoms. The van der Waals surface area contributed by atoms with E-state index < -0.39 is 5.97 Å². The normalized spacial score (nSPS) is 17.1. The Balaban J connectivity index is 1.40. The van der Waals surface area contributed by atoms with Crippen LogP contribution >= 0.6 is 24.0 Å². The Hall–Kier alpha value is -2.72. The van der Waals surface area contributed by atoms with Crippen LogP contribution in [0, 0.1) is 6.92 Å². The van der Waals surface area contributed by atoms with Crippen molar-refractivity contribution in [3.8, 4) is 0 Å². The highest BCUT2D eigenvalue weighted by molar-refractivity contribution is 8.26. The molecule has 4 heterocycles. The molecule has 0 aromatic carbocycles. The zero-order chi connectivity index (χ0) is 27.8. The molecule has 1 amide bonds. The zero-order valence-electron chi connectivity index (χ0n) is 22.7. The first-order chi connectivity index (χ1) is 18.9. The maximum absolute atomic E-state index is 13.6. The Morgan fingerprint density at radius 2 is 1.72 bits per heavy atom. The molecule has 39 heavy (non-hydrogen) atoms. The van der Waals surface area contributed by atoms with Gasteiger partial charge in [0.25, 0.3) is 11.5 Å². The molecular weight excluding hydrogens is 532 g/mol. The molecule has 1 N–H and O–H groups in total. The van der Waals surface area contributed by atoms with Gasteiger partial charge >= 0.3 is 5.97 Å². The second-order valence-corrected chi connectivity index (χ2v) is 12.1. The molecule has 0 atom stereocenters. The van der Waals surface area contributed by atoms with Gasteiger partial charge in [-0.15, -0.1) is 0 Å². The molecule has 4 rings (SSSR count). The molecule has 0 saturated carbocycles. The third-order valence-electron chi connectivity index (χ3n) is 7.39. The molecule has 0 bridgehead atoms. The van der Waals surface area contributed by atoms with Crippen LogP contribution in [0.25, 0.3) is 11.7 Å². The number of unbranched alkanes of at least 4 members (excludes halogenated alkanes) is 7. The Kier molecular flexibility index (Phi) is 10.6. The van der Waals surface area contributed by atoms with Crippen LogP contribution in [0.2, 0.25) is 0 Å². The Bertz CT molecular complexity index is 1300. The number of aliphatic carboxylic acids is 1. The first-order valence-electron chi connectivity index (χ1n) is 14.1. The van der Waals surface area contributed by atoms with E-state index in [4.69, 9.17) is 22.3 Å². The van der Waals surface area contributed by atoms with E-state index >= 15 is 0 Å². The topological polar surface area (TPSA) is 95.2 Å². The number of piperidine rings is 1. The van der Waals surface area contributed by atoms with Crippen molar-refractivity contribution < 1.29 is 14.7 Å². The van der Waals surface area contributed by atoms with Crippen molar-refractivity contribution in [1.82, 2.24) is 14.3 Å².